The van der Waals surface area contributed by atoms with E-state index in [1.807, 2.05) is 6.07 Å². The van der Waals surface area contributed by atoms with Crippen LogP contribution >= 0.6 is 11.6 Å². The highest BCUT2D eigenvalue weighted by Crippen LogP contribution is 2.37. The van der Waals surface area contributed by atoms with Crippen molar-refractivity contribution in [1.29, 1.82) is 5.26 Å². The number of amides is 3. The van der Waals surface area contributed by atoms with Crippen molar-refractivity contribution in [2.75, 3.05) is 23.0 Å². The normalized spacial score (nSPS) is 17.8. The maximum atomic E-state index is 14.7. The van der Waals surface area contributed by atoms with Gasteiger partial charge in [-0.25, -0.2) is 18.9 Å². The number of esters is 1. The van der Waals surface area contributed by atoms with E-state index in [-0.39, 0.29) is 40.7 Å². The van der Waals surface area contributed by atoms with Gasteiger partial charge in [-0.1, -0.05) is 11.6 Å². The first-order valence-corrected chi connectivity index (χ1v) is 9.99. The average molecular weight is 458 g/mol. The fraction of sp³-hybridized carbons (Fsp3) is 0.273. The number of rotatable bonds is 4. The lowest BCUT2D eigenvalue weighted by Gasteiger charge is -2.28. The third-order valence-corrected chi connectivity index (χ3v) is 5.62. The predicted octanol–water partition coefficient (Wildman–Crippen LogP) is 3.66. The molecule has 0 spiro atoms. The standard InChI is InChI=1S/C22H17ClFN3O5/c1-22(2)20(29)26(13-4-3-12(9-25)17(23)7-13)21(30)27(22)14-5-6-16(18(24)8-14)19(28)32-15-10-31-11-15/h3-8,15H,10-11H2,1-2H3. The molecule has 0 unspecified atom stereocenters. The smallest absolute Gasteiger partial charge is 0.341 e. The number of imide groups is 1. The van der Waals surface area contributed by atoms with Gasteiger partial charge in [-0.3, -0.25) is 9.69 Å². The lowest BCUT2D eigenvalue weighted by molar-refractivity contribution is -0.120. The van der Waals surface area contributed by atoms with Gasteiger partial charge >= 0.3 is 12.0 Å². The Hall–Kier alpha value is -3.48. The largest absolute Gasteiger partial charge is 0.454 e. The van der Waals surface area contributed by atoms with Crippen molar-refractivity contribution >= 4 is 40.9 Å². The van der Waals surface area contributed by atoms with Crippen molar-refractivity contribution in [2.24, 2.45) is 0 Å². The average Bonchev–Trinajstić information content (AvgIpc) is 2.88. The van der Waals surface area contributed by atoms with Crippen molar-refractivity contribution in [2.45, 2.75) is 25.5 Å². The van der Waals surface area contributed by atoms with E-state index < -0.39 is 35.4 Å². The van der Waals surface area contributed by atoms with Crippen LogP contribution in [0.4, 0.5) is 20.6 Å². The summed E-state index contributed by atoms with van der Waals surface area (Å²) in [4.78, 5) is 40.5. The van der Waals surface area contributed by atoms with E-state index in [2.05, 4.69) is 0 Å². The molecule has 2 aromatic rings. The molecule has 8 nitrogen and oxygen atoms in total. The van der Waals surface area contributed by atoms with E-state index in [1.165, 1.54) is 44.2 Å². The van der Waals surface area contributed by atoms with Gasteiger partial charge in [0.25, 0.3) is 5.91 Å². The molecule has 0 aromatic heterocycles. The number of ether oxygens (including phenoxy) is 2. The molecule has 164 valence electrons. The van der Waals surface area contributed by atoms with Gasteiger partial charge in [-0.05, 0) is 50.2 Å². The van der Waals surface area contributed by atoms with Crippen molar-refractivity contribution in [3.8, 4) is 6.07 Å². The van der Waals surface area contributed by atoms with Crippen LogP contribution in [-0.2, 0) is 14.3 Å². The molecule has 0 saturated carbocycles. The van der Waals surface area contributed by atoms with E-state index in [0.717, 1.165) is 15.9 Å². The Balaban J connectivity index is 1.66. The molecule has 2 aliphatic rings. The molecule has 0 N–H and O–H groups in total. The highest BCUT2D eigenvalue weighted by molar-refractivity contribution is 6.33. The van der Waals surface area contributed by atoms with E-state index >= 15 is 0 Å². The molecule has 32 heavy (non-hydrogen) atoms. The Kier molecular flexibility index (Phi) is 5.36. The second-order valence-electron chi connectivity index (χ2n) is 7.82. The van der Waals surface area contributed by atoms with Gasteiger partial charge in [-0.2, -0.15) is 5.26 Å². The van der Waals surface area contributed by atoms with Gasteiger partial charge in [0.1, 0.15) is 23.5 Å². The lowest BCUT2D eigenvalue weighted by Crippen LogP contribution is -2.44. The van der Waals surface area contributed by atoms with Gasteiger partial charge in [0.2, 0.25) is 0 Å². The zero-order chi connectivity index (χ0) is 23.2. The number of benzene rings is 2. The van der Waals surface area contributed by atoms with Crippen LogP contribution in [0.2, 0.25) is 5.02 Å². The quantitative estimate of drug-likeness (QED) is 0.513. The summed E-state index contributed by atoms with van der Waals surface area (Å²) < 4.78 is 24.8. The number of hydrogen-bond acceptors (Lipinski definition) is 6. The van der Waals surface area contributed by atoms with Crippen LogP contribution < -0.4 is 9.80 Å². The van der Waals surface area contributed by atoms with E-state index in [4.69, 9.17) is 26.3 Å². The van der Waals surface area contributed by atoms with Crippen LogP contribution in [0.3, 0.4) is 0 Å². The maximum Gasteiger partial charge on any atom is 0.341 e. The molecule has 2 aliphatic heterocycles. The molecule has 4 rings (SSSR count). The Morgan fingerprint density at radius 2 is 1.91 bits per heavy atom. The number of urea groups is 1. The third-order valence-electron chi connectivity index (χ3n) is 5.31. The molecular formula is C22H17ClFN3O5. The van der Waals surface area contributed by atoms with Gasteiger partial charge in [0.05, 0.1) is 35.1 Å². The third kappa shape index (κ3) is 3.47. The number of carbonyl (C=O) groups excluding carboxylic acids is 3. The second kappa shape index (κ2) is 7.89. The van der Waals surface area contributed by atoms with Gasteiger partial charge in [0.15, 0.2) is 0 Å². The molecule has 0 atom stereocenters. The van der Waals surface area contributed by atoms with Crippen molar-refractivity contribution in [3.05, 3.63) is 58.4 Å². The van der Waals surface area contributed by atoms with Gasteiger partial charge in [-0.15, -0.1) is 0 Å². The van der Waals surface area contributed by atoms with Gasteiger partial charge < -0.3 is 9.47 Å². The van der Waals surface area contributed by atoms with Crippen LogP contribution in [0, 0.1) is 17.1 Å². The number of carbonyl (C=O) groups is 3. The van der Waals surface area contributed by atoms with Crippen LogP contribution in [0.5, 0.6) is 0 Å². The van der Waals surface area contributed by atoms with E-state index in [1.54, 1.807) is 0 Å². The van der Waals surface area contributed by atoms with Gasteiger partial charge in [0, 0.05) is 5.69 Å². The van der Waals surface area contributed by atoms with Crippen LogP contribution in [0.1, 0.15) is 29.8 Å². The monoisotopic (exact) mass is 457 g/mol. The summed E-state index contributed by atoms with van der Waals surface area (Å²) in [5, 5.41) is 9.13. The zero-order valence-corrected chi connectivity index (χ0v) is 17.9. The molecule has 10 heteroatoms. The Labute approximate surface area is 187 Å². The Bertz CT molecular complexity index is 1190. The predicted molar refractivity (Wildman–Crippen MR) is 112 cm³/mol. The fourth-order valence-corrected chi connectivity index (χ4v) is 3.71. The van der Waals surface area contributed by atoms with Crippen molar-refractivity contribution < 1.29 is 28.2 Å². The SMILES string of the molecule is CC1(C)C(=O)N(c2ccc(C#N)c(Cl)c2)C(=O)N1c1ccc(C(=O)OC2COC2)c(F)c1. The summed E-state index contributed by atoms with van der Waals surface area (Å²) in [5.74, 6) is -2.28. The number of hydrogen-bond donors (Lipinski definition) is 0. The molecule has 0 bridgehead atoms. The number of halogens is 2. The highest BCUT2D eigenvalue weighted by Gasteiger charge is 2.52. The molecular weight excluding hydrogens is 441 g/mol. The minimum Gasteiger partial charge on any atom is -0.454 e. The molecule has 2 saturated heterocycles. The van der Waals surface area contributed by atoms with E-state index in [0.29, 0.717) is 0 Å². The second-order valence-corrected chi connectivity index (χ2v) is 8.23. The Morgan fingerprint density at radius 1 is 1.22 bits per heavy atom. The molecule has 3 amide bonds. The number of anilines is 2. The molecule has 0 radical (unpaired) electrons. The molecule has 2 fully saturated rings. The summed E-state index contributed by atoms with van der Waals surface area (Å²) >= 11 is 6.06. The van der Waals surface area contributed by atoms with Crippen molar-refractivity contribution in [3.63, 3.8) is 0 Å². The molecule has 0 aliphatic carbocycles. The van der Waals surface area contributed by atoms with Crippen LogP contribution in [0.25, 0.3) is 0 Å². The summed E-state index contributed by atoms with van der Waals surface area (Å²) in [6, 6.07) is 8.97. The zero-order valence-electron chi connectivity index (χ0n) is 17.1. The number of nitrogens with zero attached hydrogens (tertiary/aromatic N) is 3. The Morgan fingerprint density at radius 3 is 2.47 bits per heavy atom. The van der Waals surface area contributed by atoms with Crippen LogP contribution in [0.15, 0.2) is 36.4 Å². The summed E-state index contributed by atoms with van der Waals surface area (Å²) in [5.41, 5.74) is -1.16. The first kappa shape index (κ1) is 21.7. The summed E-state index contributed by atoms with van der Waals surface area (Å²) in [6.45, 7) is 3.57. The highest BCUT2D eigenvalue weighted by atomic mass is 35.5. The maximum absolute atomic E-state index is 14.7. The minimum atomic E-state index is -1.35. The molecule has 2 heterocycles. The lowest BCUT2D eigenvalue weighted by atomic mass is 10.0. The van der Waals surface area contributed by atoms with E-state index in [9.17, 15) is 18.8 Å². The summed E-state index contributed by atoms with van der Waals surface area (Å²) in [7, 11) is 0. The number of nitriles is 1. The minimum absolute atomic E-state index is 0.0904. The fourth-order valence-electron chi connectivity index (χ4n) is 3.50. The van der Waals surface area contributed by atoms with Crippen molar-refractivity contribution in [1.82, 2.24) is 0 Å². The first-order chi connectivity index (χ1) is 15.1. The topological polar surface area (TPSA) is 99.9 Å². The van der Waals surface area contributed by atoms with Crippen LogP contribution in [-0.4, -0.2) is 42.8 Å². The molecule has 2 aromatic carbocycles. The summed E-state index contributed by atoms with van der Waals surface area (Å²) in [6.07, 6.45) is -0.411. The first-order valence-electron chi connectivity index (χ1n) is 9.62.